The molecule has 1 fully saturated rings. The Labute approximate surface area is 171 Å². The number of carboxylic acid groups (broad SMARTS) is 1. The molecular weight excluding hydrogens is 399 g/mol. The monoisotopic (exact) mass is 421 g/mol. The van der Waals surface area contributed by atoms with Crippen LogP contribution in [0.4, 0.5) is 30.6 Å². The van der Waals surface area contributed by atoms with Crippen molar-refractivity contribution in [1.29, 1.82) is 0 Å². The average molecular weight is 421 g/mol. The highest BCUT2D eigenvalue weighted by Crippen LogP contribution is 2.36. The van der Waals surface area contributed by atoms with Crippen molar-refractivity contribution >= 4 is 23.4 Å². The summed E-state index contributed by atoms with van der Waals surface area (Å²) in [6.07, 6.45) is -1.17. The Hall–Kier alpha value is -2.88. The molecule has 0 atom stereocenters. The summed E-state index contributed by atoms with van der Waals surface area (Å²) < 4.78 is 39.7. The number of rotatable bonds is 7. The molecule has 4 rings (SSSR count). The molecule has 1 aromatic heterocycles. The van der Waals surface area contributed by atoms with Gasteiger partial charge in [-0.05, 0) is 42.5 Å². The predicted molar refractivity (Wildman–Crippen MR) is 105 cm³/mol. The van der Waals surface area contributed by atoms with Crippen LogP contribution in [-0.4, -0.2) is 45.1 Å². The van der Waals surface area contributed by atoms with Gasteiger partial charge in [-0.15, -0.1) is 0 Å². The second kappa shape index (κ2) is 8.10. The molecule has 0 bridgehead atoms. The van der Waals surface area contributed by atoms with Gasteiger partial charge in [-0.2, -0.15) is 18.2 Å². The zero-order chi connectivity index (χ0) is 21.3. The van der Waals surface area contributed by atoms with Crippen LogP contribution in [0.5, 0.6) is 0 Å². The number of anilines is 3. The fraction of sp³-hybridized carbons (Fsp3) is 0.450. The van der Waals surface area contributed by atoms with Crippen LogP contribution < -0.4 is 10.6 Å². The largest absolute Gasteiger partial charge is 0.481 e. The van der Waals surface area contributed by atoms with Crippen LogP contribution in [0.15, 0.2) is 24.4 Å². The molecule has 10 heteroatoms. The Morgan fingerprint density at radius 1 is 1.27 bits per heavy atom. The van der Waals surface area contributed by atoms with Gasteiger partial charge < -0.3 is 15.7 Å². The van der Waals surface area contributed by atoms with Gasteiger partial charge in [0.1, 0.15) is 11.4 Å². The summed E-state index contributed by atoms with van der Waals surface area (Å²) in [6.45, 7) is 1.94. The number of nitrogens with zero attached hydrogens (tertiary/aromatic N) is 3. The minimum Gasteiger partial charge on any atom is -0.481 e. The molecule has 3 N–H and O–H groups in total. The summed E-state index contributed by atoms with van der Waals surface area (Å²) in [7, 11) is 0. The number of aromatic nitrogens is 2. The lowest BCUT2D eigenvalue weighted by Gasteiger charge is -2.28. The summed E-state index contributed by atoms with van der Waals surface area (Å²) >= 11 is 0. The van der Waals surface area contributed by atoms with Crippen LogP contribution in [0.25, 0.3) is 0 Å². The topological polar surface area (TPSA) is 90.4 Å². The van der Waals surface area contributed by atoms with Crippen molar-refractivity contribution in [3.63, 3.8) is 0 Å². The molecule has 1 aliphatic heterocycles. The first-order chi connectivity index (χ1) is 14.3. The molecule has 0 radical (unpaired) electrons. The summed E-state index contributed by atoms with van der Waals surface area (Å²) in [5, 5.41) is 14.7. The van der Waals surface area contributed by atoms with E-state index in [4.69, 9.17) is 5.11 Å². The molecule has 0 spiro atoms. The molecule has 0 amide bonds. The van der Waals surface area contributed by atoms with E-state index in [1.54, 1.807) is 0 Å². The zero-order valence-corrected chi connectivity index (χ0v) is 16.2. The van der Waals surface area contributed by atoms with Gasteiger partial charge in [0.05, 0.1) is 6.42 Å². The van der Waals surface area contributed by atoms with E-state index in [0.29, 0.717) is 18.8 Å². The maximum atomic E-state index is 13.2. The van der Waals surface area contributed by atoms with E-state index in [1.165, 1.54) is 0 Å². The second-order valence-corrected chi connectivity index (χ2v) is 7.65. The van der Waals surface area contributed by atoms with Crippen molar-refractivity contribution in [2.75, 3.05) is 23.7 Å². The number of carboxylic acids is 1. The molecule has 2 aliphatic rings. The lowest BCUT2D eigenvalue weighted by Crippen LogP contribution is -2.32. The fourth-order valence-electron chi connectivity index (χ4n) is 3.44. The third-order valence-corrected chi connectivity index (χ3v) is 5.21. The van der Waals surface area contributed by atoms with Crippen LogP contribution in [0.1, 0.15) is 36.0 Å². The fourth-order valence-corrected chi connectivity index (χ4v) is 3.44. The van der Waals surface area contributed by atoms with Gasteiger partial charge in [0.15, 0.2) is 0 Å². The molecule has 160 valence electrons. The van der Waals surface area contributed by atoms with Gasteiger partial charge in [-0.3, -0.25) is 9.69 Å². The van der Waals surface area contributed by atoms with Crippen molar-refractivity contribution in [1.82, 2.24) is 14.9 Å². The molecule has 7 nitrogen and oxygen atoms in total. The second-order valence-electron chi connectivity index (χ2n) is 7.65. The van der Waals surface area contributed by atoms with Gasteiger partial charge in [0.2, 0.25) is 5.95 Å². The molecule has 1 aliphatic carbocycles. The molecule has 1 saturated carbocycles. The maximum Gasteiger partial charge on any atom is 0.421 e. The predicted octanol–water partition coefficient (Wildman–Crippen LogP) is 3.65. The highest BCUT2D eigenvalue weighted by Gasteiger charge is 2.36. The number of alkyl halides is 3. The molecule has 2 aromatic rings. The highest BCUT2D eigenvalue weighted by molar-refractivity contribution is 5.66. The lowest BCUT2D eigenvalue weighted by molar-refractivity contribution is -0.138. The average Bonchev–Trinajstić information content (AvgIpc) is 3.49. The standard InChI is InChI=1S/C20H22F3N5O2/c21-20(22,23)16-10-24-19(27-18(16)25-14-3-4-14)26-15-2-1-13-11-28(8-6-17(29)30)7-5-12(13)9-15/h1-2,9-10,14H,3-8,11H2,(H,29,30)(H2,24,25,26,27). The van der Waals surface area contributed by atoms with Crippen molar-refractivity contribution in [2.45, 2.75) is 44.4 Å². The van der Waals surface area contributed by atoms with Crippen LogP contribution in [0.2, 0.25) is 0 Å². The Kier molecular flexibility index (Phi) is 5.50. The lowest BCUT2D eigenvalue weighted by atomic mass is 9.99. The van der Waals surface area contributed by atoms with E-state index in [2.05, 4.69) is 25.5 Å². The van der Waals surface area contributed by atoms with Crippen LogP contribution in [0.3, 0.4) is 0 Å². The van der Waals surface area contributed by atoms with Gasteiger partial charge in [0.25, 0.3) is 0 Å². The highest BCUT2D eigenvalue weighted by atomic mass is 19.4. The molecule has 0 saturated heterocycles. The summed E-state index contributed by atoms with van der Waals surface area (Å²) in [6, 6.07) is 5.74. The van der Waals surface area contributed by atoms with E-state index in [1.807, 2.05) is 18.2 Å². The van der Waals surface area contributed by atoms with Crippen molar-refractivity contribution in [3.8, 4) is 0 Å². The van der Waals surface area contributed by atoms with Crippen molar-refractivity contribution < 1.29 is 23.1 Å². The molecule has 2 heterocycles. The summed E-state index contributed by atoms with van der Waals surface area (Å²) in [5.41, 5.74) is 2.06. The first-order valence-electron chi connectivity index (χ1n) is 9.81. The first-order valence-corrected chi connectivity index (χ1v) is 9.81. The number of halogens is 3. The Balaban J connectivity index is 1.48. The van der Waals surface area contributed by atoms with E-state index >= 15 is 0 Å². The van der Waals surface area contributed by atoms with Crippen molar-refractivity contribution in [2.24, 2.45) is 0 Å². The number of aliphatic carboxylic acids is 1. The van der Waals surface area contributed by atoms with Gasteiger partial charge in [0, 0.05) is 37.6 Å². The molecule has 0 unspecified atom stereocenters. The number of fused-ring (bicyclic) bond motifs is 1. The number of carbonyl (C=O) groups is 1. The van der Waals surface area contributed by atoms with Gasteiger partial charge in [-0.1, -0.05) is 6.07 Å². The number of hydrogen-bond donors (Lipinski definition) is 3. The van der Waals surface area contributed by atoms with E-state index in [0.717, 1.165) is 43.1 Å². The first kappa shape index (κ1) is 20.4. The normalized spacial score (nSPS) is 16.8. The van der Waals surface area contributed by atoms with Crippen LogP contribution in [0, 0.1) is 0 Å². The van der Waals surface area contributed by atoms with Gasteiger partial charge >= 0.3 is 12.1 Å². The molecular formula is C20H22F3N5O2. The SMILES string of the molecule is O=C(O)CCN1CCc2cc(Nc3ncc(C(F)(F)F)c(NC4CC4)n3)ccc2C1. The quantitative estimate of drug-likeness (QED) is 0.629. The minimum absolute atomic E-state index is 0.0293. The summed E-state index contributed by atoms with van der Waals surface area (Å²) in [5.74, 6) is -0.910. The smallest absolute Gasteiger partial charge is 0.421 e. The van der Waals surface area contributed by atoms with Crippen LogP contribution >= 0.6 is 0 Å². The number of hydrogen-bond acceptors (Lipinski definition) is 6. The summed E-state index contributed by atoms with van der Waals surface area (Å²) in [4.78, 5) is 20.8. The number of benzene rings is 1. The Morgan fingerprint density at radius 2 is 2.07 bits per heavy atom. The maximum absolute atomic E-state index is 13.2. The third kappa shape index (κ3) is 4.99. The number of nitrogens with one attached hydrogen (secondary N) is 2. The van der Waals surface area contributed by atoms with E-state index in [9.17, 15) is 18.0 Å². The third-order valence-electron chi connectivity index (χ3n) is 5.21. The Bertz CT molecular complexity index is 947. The van der Waals surface area contributed by atoms with Crippen molar-refractivity contribution in [3.05, 3.63) is 41.1 Å². The minimum atomic E-state index is -4.52. The zero-order valence-electron chi connectivity index (χ0n) is 16.2. The molecule has 1 aromatic carbocycles. The Morgan fingerprint density at radius 3 is 2.77 bits per heavy atom. The van der Waals surface area contributed by atoms with Gasteiger partial charge in [-0.25, -0.2) is 4.98 Å². The van der Waals surface area contributed by atoms with Crippen LogP contribution in [-0.2, 0) is 23.9 Å². The van der Waals surface area contributed by atoms with E-state index in [-0.39, 0.29) is 24.2 Å². The molecule has 30 heavy (non-hydrogen) atoms. The van der Waals surface area contributed by atoms with E-state index < -0.39 is 17.7 Å².